The van der Waals surface area contributed by atoms with Crippen molar-refractivity contribution < 1.29 is 4.74 Å². The van der Waals surface area contributed by atoms with Gasteiger partial charge in [-0.1, -0.05) is 11.6 Å². The molecule has 0 radical (unpaired) electrons. The van der Waals surface area contributed by atoms with Gasteiger partial charge in [0.25, 0.3) is 0 Å². The lowest BCUT2D eigenvalue weighted by molar-refractivity contribution is 0.397. The van der Waals surface area contributed by atoms with Crippen LogP contribution < -0.4 is 16.0 Å². The number of rotatable bonds is 6. The van der Waals surface area contributed by atoms with Crippen molar-refractivity contribution in [1.82, 2.24) is 15.2 Å². The first-order chi connectivity index (χ1) is 10.1. The summed E-state index contributed by atoms with van der Waals surface area (Å²) in [5, 5.41) is 5.12. The maximum absolute atomic E-state index is 6.10. The molecule has 0 bridgehead atoms. The van der Waals surface area contributed by atoms with Gasteiger partial charge in [-0.3, -0.25) is 16.0 Å². The monoisotopic (exact) mass is 308 g/mol. The normalized spacial score (nSPS) is 12.4. The summed E-state index contributed by atoms with van der Waals surface area (Å²) in [6.07, 6.45) is 0.710. The van der Waals surface area contributed by atoms with Crippen LogP contribution in [-0.2, 0) is 13.0 Å². The van der Waals surface area contributed by atoms with Gasteiger partial charge in [-0.2, -0.15) is 5.10 Å². The molecule has 0 aliphatic rings. The zero-order chi connectivity index (χ0) is 15.4. The van der Waals surface area contributed by atoms with Crippen molar-refractivity contribution in [3.8, 4) is 5.75 Å². The van der Waals surface area contributed by atoms with Gasteiger partial charge in [0.05, 0.1) is 18.8 Å². The van der Waals surface area contributed by atoms with E-state index in [9.17, 15) is 0 Å². The van der Waals surface area contributed by atoms with Crippen molar-refractivity contribution in [3.63, 3.8) is 0 Å². The number of hydrogen-bond acceptors (Lipinski definition) is 4. The van der Waals surface area contributed by atoms with E-state index in [4.69, 9.17) is 22.2 Å². The summed E-state index contributed by atoms with van der Waals surface area (Å²) in [5.74, 6) is 6.51. The maximum Gasteiger partial charge on any atom is 0.123 e. The number of hydrazine groups is 1. The molecule has 1 aromatic carbocycles. The molecule has 1 atom stereocenters. The van der Waals surface area contributed by atoms with Gasteiger partial charge in [0, 0.05) is 29.2 Å². The van der Waals surface area contributed by atoms with Gasteiger partial charge in [-0.25, -0.2) is 0 Å². The first-order valence-electron chi connectivity index (χ1n) is 6.92. The number of nitrogens with one attached hydrogen (secondary N) is 1. The maximum atomic E-state index is 6.10. The van der Waals surface area contributed by atoms with E-state index in [1.807, 2.05) is 23.7 Å². The Bertz CT molecular complexity index is 612. The van der Waals surface area contributed by atoms with Crippen molar-refractivity contribution in [3.05, 3.63) is 46.2 Å². The predicted octanol–water partition coefficient (Wildman–Crippen LogP) is 2.62. The Morgan fingerprint density at radius 3 is 2.81 bits per heavy atom. The van der Waals surface area contributed by atoms with E-state index in [1.54, 1.807) is 13.2 Å². The van der Waals surface area contributed by atoms with Crippen LogP contribution in [0.3, 0.4) is 0 Å². The summed E-state index contributed by atoms with van der Waals surface area (Å²) >= 11 is 6.10. The van der Waals surface area contributed by atoms with Gasteiger partial charge in [0.2, 0.25) is 0 Å². The molecule has 114 valence electrons. The molecule has 3 N–H and O–H groups in total. The molecule has 1 heterocycles. The fourth-order valence-electron chi connectivity index (χ4n) is 2.48. The van der Waals surface area contributed by atoms with Gasteiger partial charge in [-0.05, 0) is 38.1 Å². The molecular weight excluding hydrogens is 288 g/mol. The Morgan fingerprint density at radius 2 is 2.19 bits per heavy atom. The summed E-state index contributed by atoms with van der Waals surface area (Å²) in [5.41, 5.74) is 5.91. The largest absolute Gasteiger partial charge is 0.496 e. The summed E-state index contributed by atoms with van der Waals surface area (Å²) in [6, 6.07) is 7.51. The molecule has 0 fully saturated rings. The molecule has 5 nitrogen and oxygen atoms in total. The van der Waals surface area contributed by atoms with Crippen molar-refractivity contribution in [2.24, 2.45) is 5.84 Å². The summed E-state index contributed by atoms with van der Waals surface area (Å²) in [7, 11) is 1.64. The second kappa shape index (κ2) is 6.93. The number of nitrogens with zero attached hydrogens (tertiary/aromatic N) is 2. The SMILES string of the molecule is CCn1nc(C)cc1CC(NN)c1cc(Cl)ccc1OC. The molecule has 6 heteroatoms. The van der Waals surface area contributed by atoms with Crippen molar-refractivity contribution in [1.29, 1.82) is 0 Å². The molecule has 2 rings (SSSR count). The van der Waals surface area contributed by atoms with Crippen LogP contribution in [-0.4, -0.2) is 16.9 Å². The van der Waals surface area contributed by atoms with Crippen molar-refractivity contribution >= 4 is 11.6 Å². The van der Waals surface area contributed by atoms with E-state index >= 15 is 0 Å². The van der Waals surface area contributed by atoms with E-state index in [0.29, 0.717) is 11.4 Å². The number of halogens is 1. The number of methoxy groups -OCH3 is 1. The Hall–Kier alpha value is -1.56. The second-order valence-corrected chi connectivity index (χ2v) is 5.34. The standard InChI is InChI=1S/C15H21ClN4O/c1-4-20-12(7-10(2)19-20)9-14(18-17)13-8-11(16)5-6-15(13)21-3/h5-8,14,18H,4,9,17H2,1-3H3. The first-order valence-corrected chi connectivity index (χ1v) is 7.29. The lowest BCUT2D eigenvalue weighted by Gasteiger charge is -2.19. The minimum absolute atomic E-state index is 0.0972. The Labute approximate surface area is 130 Å². The number of aryl methyl sites for hydroxylation is 2. The lowest BCUT2D eigenvalue weighted by atomic mass is 10.0. The Kier molecular flexibility index (Phi) is 5.22. The molecule has 0 amide bonds. The average molecular weight is 309 g/mol. The molecule has 1 aromatic heterocycles. The molecule has 21 heavy (non-hydrogen) atoms. The van der Waals surface area contributed by atoms with Crippen LogP contribution in [0, 0.1) is 6.92 Å². The first kappa shape index (κ1) is 15.8. The average Bonchev–Trinajstić information content (AvgIpc) is 2.84. The van der Waals surface area contributed by atoms with Crippen LogP contribution >= 0.6 is 11.6 Å². The molecule has 0 spiro atoms. The molecule has 0 aliphatic heterocycles. The second-order valence-electron chi connectivity index (χ2n) is 4.90. The quantitative estimate of drug-likeness (QED) is 0.636. The molecular formula is C15H21ClN4O. The van der Waals surface area contributed by atoms with Gasteiger partial charge in [-0.15, -0.1) is 0 Å². The summed E-state index contributed by atoms with van der Waals surface area (Å²) in [4.78, 5) is 0. The van der Waals surface area contributed by atoms with E-state index in [-0.39, 0.29) is 6.04 Å². The highest BCUT2D eigenvalue weighted by Crippen LogP contribution is 2.30. The third kappa shape index (κ3) is 3.56. The minimum Gasteiger partial charge on any atom is -0.496 e. The number of benzene rings is 1. The van der Waals surface area contributed by atoms with Crippen LogP contribution in [0.2, 0.25) is 5.02 Å². The predicted molar refractivity (Wildman–Crippen MR) is 84.4 cm³/mol. The lowest BCUT2D eigenvalue weighted by Crippen LogP contribution is -2.30. The fourth-order valence-corrected chi connectivity index (χ4v) is 2.66. The molecule has 2 aromatic rings. The summed E-state index contributed by atoms with van der Waals surface area (Å²) in [6.45, 7) is 4.88. The van der Waals surface area contributed by atoms with Crippen LogP contribution in [0.4, 0.5) is 0 Å². The van der Waals surface area contributed by atoms with Gasteiger partial charge in [0.15, 0.2) is 0 Å². The van der Waals surface area contributed by atoms with Gasteiger partial charge >= 0.3 is 0 Å². The van der Waals surface area contributed by atoms with Crippen LogP contribution in [0.5, 0.6) is 5.75 Å². The number of hydrogen-bond donors (Lipinski definition) is 2. The van der Waals surface area contributed by atoms with Crippen LogP contribution in [0.25, 0.3) is 0 Å². The van der Waals surface area contributed by atoms with Crippen LogP contribution in [0.1, 0.15) is 29.9 Å². The minimum atomic E-state index is -0.0972. The fraction of sp³-hybridized carbons (Fsp3) is 0.400. The van der Waals surface area contributed by atoms with Gasteiger partial charge in [0.1, 0.15) is 5.75 Å². The number of ether oxygens (including phenoxy) is 1. The highest BCUT2D eigenvalue weighted by atomic mass is 35.5. The zero-order valence-corrected chi connectivity index (χ0v) is 13.3. The van der Waals surface area contributed by atoms with E-state index in [2.05, 4.69) is 23.5 Å². The third-order valence-corrected chi connectivity index (χ3v) is 3.70. The molecule has 0 saturated heterocycles. The Balaban J connectivity index is 2.33. The number of aromatic nitrogens is 2. The topological polar surface area (TPSA) is 65.1 Å². The molecule has 1 unspecified atom stereocenters. The molecule has 0 aliphatic carbocycles. The van der Waals surface area contributed by atoms with Crippen molar-refractivity contribution in [2.75, 3.05) is 7.11 Å². The van der Waals surface area contributed by atoms with Crippen molar-refractivity contribution in [2.45, 2.75) is 32.9 Å². The van der Waals surface area contributed by atoms with Crippen LogP contribution in [0.15, 0.2) is 24.3 Å². The smallest absolute Gasteiger partial charge is 0.123 e. The summed E-state index contributed by atoms with van der Waals surface area (Å²) < 4.78 is 7.39. The van der Waals surface area contributed by atoms with E-state index < -0.39 is 0 Å². The highest BCUT2D eigenvalue weighted by molar-refractivity contribution is 6.30. The molecule has 0 saturated carbocycles. The van der Waals surface area contributed by atoms with E-state index in [1.165, 1.54) is 0 Å². The van der Waals surface area contributed by atoms with E-state index in [0.717, 1.165) is 29.2 Å². The third-order valence-electron chi connectivity index (χ3n) is 3.47. The number of nitrogens with two attached hydrogens (primary N) is 1. The zero-order valence-electron chi connectivity index (χ0n) is 12.6. The Morgan fingerprint density at radius 1 is 1.43 bits per heavy atom. The van der Waals surface area contributed by atoms with Gasteiger partial charge < -0.3 is 4.74 Å². The highest BCUT2D eigenvalue weighted by Gasteiger charge is 2.18.